The summed E-state index contributed by atoms with van der Waals surface area (Å²) in [5.74, 6) is 4.08. The molecule has 1 heterocycles. The number of hydrogen-bond donors (Lipinski definition) is 0. The van der Waals surface area contributed by atoms with Crippen molar-refractivity contribution in [1.82, 2.24) is 0 Å². The van der Waals surface area contributed by atoms with Crippen LogP contribution in [-0.2, 0) is 10.2 Å². The highest BCUT2D eigenvalue weighted by atomic mass is 16.6. The Kier molecular flexibility index (Phi) is 2.67. The van der Waals surface area contributed by atoms with E-state index < -0.39 is 0 Å². The molecule has 0 aromatic heterocycles. The van der Waals surface area contributed by atoms with Gasteiger partial charge >= 0.3 is 0 Å². The maximum Gasteiger partial charge on any atom is 0.123 e. The van der Waals surface area contributed by atoms with Crippen LogP contribution in [-0.4, -0.2) is 19.3 Å². The Morgan fingerprint density at radius 3 is 2.24 bits per heavy atom. The molecule has 112 valence electrons. The molecule has 1 aromatic carbocycles. The molecule has 5 aliphatic rings. The van der Waals surface area contributed by atoms with E-state index in [1.807, 2.05) is 0 Å². The smallest absolute Gasteiger partial charge is 0.123 e. The van der Waals surface area contributed by atoms with E-state index in [1.54, 1.807) is 0 Å². The topological polar surface area (TPSA) is 21.8 Å². The first-order valence-corrected chi connectivity index (χ1v) is 8.65. The second kappa shape index (κ2) is 4.49. The van der Waals surface area contributed by atoms with Crippen LogP contribution in [0.25, 0.3) is 0 Å². The van der Waals surface area contributed by atoms with E-state index in [0.717, 1.165) is 36.7 Å². The van der Waals surface area contributed by atoms with Crippen LogP contribution in [0.5, 0.6) is 5.75 Å². The molecule has 0 spiro atoms. The van der Waals surface area contributed by atoms with Crippen molar-refractivity contribution in [3.63, 3.8) is 0 Å². The van der Waals surface area contributed by atoms with Gasteiger partial charge in [0.25, 0.3) is 0 Å². The zero-order valence-electron chi connectivity index (χ0n) is 12.6. The van der Waals surface area contributed by atoms with E-state index in [4.69, 9.17) is 9.47 Å². The molecular formula is C19H24O2. The molecule has 2 nitrogen and oxygen atoms in total. The summed E-state index contributed by atoms with van der Waals surface area (Å²) in [6.45, 7) is 1.60. The summed E-state index contributed by atoms with van der Waals surface area (Å²) in [5.41, 5.74) is 1.93. The molecule has 5 fully saturated rings. The van der Waals surface area contributed by atoms with E-state index in [0.29, 0.717) is 11.5 Å². The predicted molar refractivity (Wildman–Crippen MR) is 81.5 cm³/mol. The third-order valence-corrected chi connectivity index (χ3v) is 6.32. The molecule has 1 saturated heterocycles. The van der Waals surface area contributed by atoms with Gasteiger partial charge in [0, 0.05) is 5.56 Å². The van der Waals surface area contributed by atoms with Gasteiger partial charge in [0.05, 0.1) is 6.61 Å². The molecule has 4 bridgehead atoms. The third-order valence-electron chi connectivity index (χ3n) is 6.32. The Labute approximate surface area is 126 Å². The summed E-state index contributed by atoms with van der Waals surface area (Å²) < 4.78 is 11.4. The van der Waals surface area contributed by atoms with Gasteiger partial charge < -0.3 is 9.47 Å². The average molecular weight is 284 g/mol. The van der Waals surface area contributed by atoms with Gasteiger partial charge in [0.15, 0.2) is 0 Å². The fourth-order valence-corrected chi connectivity index (χ4v) is 5.82. The van der Waals surface area contributed by atoms with Crippen LogP contribution in [0.4, 0.5) is 0 Å². The normalized spacial score (nSPS) is 43.0. The fourth-order valence-electron chi connectivity index (χ4n) is 5.82. The van der Waals surface area contributed by atoms with E-state index >= 15 is 0 Å². The summed E-state index contributed by atoms with van der Waals surface area (Å²) in [7, 11) is 0. The van der Waals surface area contributed by atoms with E-state index in [-0.39, 0.29) is 0 Å². The van der Waals surface area contributed by atoms with E-state index in [9.17, 15) is 0 Å². The monoisotopic (exact) mass is 284 g/mol. The molecule has 6 rings (SSSR count). The van der Waals surface area contributed by atoms with Crippen molar-refractivity contribution in [2.75, 3.05) is 13.2 Å². The fraction of sp³-hybridized carbons (Fsp3) is 0.684. The van der Waals surface area contributed by atoms with Gasteiger partial charge in [-0.1, -0.05) is 18.2 Å². The van der Waals surface area contributed by atoms with Crippen molar-refractivity contribution >= 4 is 0 Å². The minimum atomic E-state index is 0.342. The number of hydrogen-bond acceptors (Lipinski definition) is 2. The Balaban J connectivity index is 1.48. The van der Waals surface area contributed by atoms with Crippen LogP contribution < -0.4 is 4.74 Å². The summed E-state index contributed by atoms with van der Waals surface area (Å²) in [6, 6.07) is 8.84. The highest BCUT2D eigenvalue weighted by Gasteiger charge is 2.52. The SMILES string of the molecule is c1ccc(C23CC4CC(CC(C4)C2)C3)c(OCC2CO2)c1. The minimum Gasteiger partial charge on any atom is -0.490 e. The summed E-state index contributed by atoms with van der Waals surface area (Å²) >= 11 is 0. The molecule has 0 amide bonds. The number of epoxide rings is 1. The Morgan fingerprint density at radius 1 is 1.00 bits per heavy atom. The summed E-state index contributed by atoms with van der Waals surface area (Å²) in [5, 5.41) is 0. The first-order chi connectivity index (χ1) is 10.3. The molecule has 4 saturated carbocycles. The number of benzene rings is 1. The van der Waals surface area contributed by atoms with Crippen LogP contribution in [0.2, 0.25) is 0 Å². The van der Waals surface area contributed by atoms with Gasteiger partial charge in [-0.25, -0.2) is 0 Å². The molecule has 21 heavy (non-hydrogen) atoms. The van der Waals surface area contributed by atoms with Crippen LogP contribution >= 0.6 is 0 Å². The van der Waals surface area contributed by atoms with Crippen molar-refractivity contribution < 1.29 is 9.47 Å². The molecule has 1 atom stereocenters. The van der Waals surface area contributed by atoms with Gasteiger partial charge in [-0.2, -0.15) is 0 Å². The van der Waals surface area contributed by atoms with Crippen molar-refractivity contribution in [2.24, 2.45) is 17.8 Å². The van der Waals surface area contributed by atoms with E-state index in [2.05, 4.69) is 24.3 Å². The lowest BCUT2D eigenvalue weighted by Crippen LogP contribution is -2.48. The molecule has 4 aliphatic carbocycles. The lowest BCUT2D eigenvalue weighted by atomic mass is 9.48. The second-order valence-electron chi connectivity index (χ2n) is 7.96. The lowest BCUT2D eigenvalue weighted by Gasteiger charge is -2.57. The van der Waals surface area contributed by atoms with Gasteiger partial charge in [0.2, 0.25) is 0 Å². The standard InChI is InChI=1S/C19H24O2/c1-2-4-18(21-12-16-11-20-16)17(3-1)19-8-13-5-14(9-19)7-15(6-13)10-19/h1-4,13-16H,5-12H2. The maximum atomic E-state index is 6.13. The molecular weight excluding hydrogens is 260 g/mol. The van der Waals surface area contributed by atoms with Crippen LogP contribution in [0.1, 0.15) is 44.1 Å². The van der Waals surface area contributed by atoms with E-state index in [1.165, 1.54) is 44.1 Å². The molecule has 1 aromatic rings. The van der Waals surface area contributed by atoms with Gasteiger partial charge in [-0.3, -0.25) is 0 Å². The molecule has 1 aliphatic heterocycles. The van der Waals surface area contributed by atoms with Crippen LogP contribution in [0.3, 0.4) is 0 Å². The highest BCUT2D eigenvalue weighted by Crippen LogP contribution is 2.61. The largest absolute Gasteiger partial charge is 0.490 e. The molecule has 2 heteroatoms. The van der Waals surface area contributed by atoms with Crippen LogP contribution in [0.15, 0.2) is 24.3 Å². The molecule has 0 radical (unpaired) electrons. The zero-order valence-corrected chi connectivity index (χ0v) is 12.6. The van der Waals surface area contributed by atoms with Crippen molar-refractivity contribution in [2.45, 2.75) is 50.0 Å². The second-order valence-corrected chi connectivity index (χ2v) is 7.96. The van der Waals surface area contributed by atoms with Crippen molar-refractivity contribution in [1.29, 1.82) is 0 Å². The minimum absolute atomic E-state index is 0.342. The van der Waals surface area contributed by atoms with Crippen molar-refractivity contribution in [3.8, 4) is 5.75 Å². The van der Waals surface area contributed by atoms with Gasteiger partial charge in [-0.05, 0) is 67.8 Å². The summed E-state index contributed by atoms with van der Waals surface area (Å²) in [6.07, 6.45) is 9.04. The third kappa shape index (κ3) is 2.11. The van der Waals surface area contributed by atoms with Crippen LogP contribution in [0, 0.1) is 17.8 Å². The predicted octanol–water partition coefficient (Wildman–Crippen LogP) is 3.93. The first kappa shape index (κ1) is 12.5. The quantitative estimate of drug-likeness (QED) is 0.781. The summed E-state index contributed by atoms with van der Waals surface area (Å²) in [4.78, 5) is 0. The Bertz CT molecular complexity index is 511. The average Bonchev–Trinajstić information content (AvgIpc) is 3.28. The lowest BCUT2D eigenvalue weighted by molar-refractivity contribution is -0.00644. The maximum absolute atomic E-state index is 6.13. The van der Waals surface area contributed by atoms with Gasteiger partial charge in [-0.15, -0.1) is 0 Å². The number of rotatable bonds is 4. The highest BCUT2D eigenvalue weighted by molar-refractivity contribution is 5.41. The molecule has 1 unspecified atom stereocenters. The first-order valence-electron chi connectivity index (χ1n) is 8.65. The Hall–Kier alpha value is -1.02. The Morgan fingerprint density at radius 2 is 1.62 bits per heavy atom. The number of para-hydroxylation sites is 1. The number of ether oxygens (including phenoxy) is 2. The molecule has 0 N–H and O–H groups in total. The zero-order chi connectivity index (χ0) is 13.9. The van der Waals surface area contributed by atoms with Gasteiger partial charge in [0.1, 0.15) is 18.5 Å². The van der Waals surface area contributed by atoms with Crippen molar-refractivity contribution in [3.05, 3.63) is 29.8 Å².